The molecule has 0 unspecified atom stereocenters. The molecule has 0 saturated heterocycles. The molecule has 0 N–H and O–H groups in total. The summed E-state index contributed by atoms with van der Waals surface area (Å²) in [5, 5.41) is 7.53. The molecule has 1 heterocycles. The van der Waals surface area contributed by atoms with Crippen LogP contribution in [0.2, 0.25) is 0 Å². The molecule has 0 aliphatic rings. The molecular formula is C15H19FN4O. The van der Waals surface area contributed by atoms with Crippen molar-refractivity contribution in [2.24, 2.45) is 7.05 Å². The van der Waals surface area contributed by atoms with Crippen LogP contribution in [-0.4, -0.2) is 31.3 Å². The fourth-order valence-corrected chi connectivity index (χ4v) is 2.01. The van der Waals surface area contributed by atoms with E-state index in [-0.39, 0.29) is 17.3 Å². The van der Waals surface area contributed by atoms with Crippen molar-refractivity contribution in [1.82, 2.24) is 19.9 Å². The maximum absolute atomic E-state index is 13.0. The third-order valence-corrected chi connectivity index (χ3v) is 3.24. The number of hydrogen-bond donors (Lipinski definition) is 0. The van der Waals surface area contributed by atoms with Crippen molar-refractivity contribution in [2.45, 2.75) is 32.9 Å². The number of carbonyl (C=O) groups is 1. The minimum absolute atomic E-state index is 0.153. The highest BCUT2D eigenvalue weighted by atomic mass is 19.1. The fraction of sp³-hybridized carbons (Fsp3) is 0.400. The Kier molecular flexibility index (Phi) is 4.06. The highest BCUT2D eigenvalue weighted by Crippen LogP contribution is 2.20. The zero-order chi connectivity index (χ0) is 15.6. The van der Waals surface area contributed by atoms with Crippen LogP contribution in [0.15, 0.2) is 30.5 Å². The van der Waals surface area contributed by atoms with Crippen LogP contribution in [-0.2, 0) is 13.6 Å². The lowest BCUT2D eigenvalue weighted by Gasteiger charge is -2.35. The lowest BCUT2D eigenvalue weighted by Crippen LogP contribution is -2.45. The van der Waals surface area contributed by atoms with E-state index >= 15 is 0 Å². The van der Waals surface area contributed by atoms with Crippen LogP contribution in [0.4, 0.5) is 4.39 Å². The van der Waals surface area contributed by atoms with Gasteiger partial charge in [-0.15, -0.1) is 5.10 Å². The Morgan fingerprint density at radius 3 is 2.38 bits per heavy atom. The largest absolute Gasteiger partial charge is 0.328 e. The maximum atomic E-state index is 13.0. The fourth-order valence-electron chi connectivity index (χ4n) is 2.01. The topological polar surface area (TPSA) is 51.0 Å². The van der Waals surface area contributed by atoms with Crippen molar-refractivity contribution in [3.63, 3.8) is 0 Å². The standard InChI is InChI=1S/C15H19FN4O/c1-15(2,3)20(10-11-5-7-12(16)8-6-11)14(21)13-9-17-18-19(13)4/h5-9H,10H2,1-4H3. The second-order valence-corrected chi connectivity index (χ2v) is 5.93. The van der Waals surface area contributed by atoms with E-state index in [2.05, 4.69) is 10.3 Å². The Morgan fingerprint density at radius 1 is 1.29 bits per heavy atom. The second kappa shape index (κ2) is 5.63. The van der Waals surface area contributed by atoms with Gasteiger partial charge in [0, 0.05) is 19.1 Å². The van der Waals surface area contributed by atoms with Gasteiger partial charge in [-0.2, -0.15) is 0 Å². The monoisotopic (exact) mass is 290 g/mol. The molecule has 21 heavy (non-hydrogen) atoms. The lowest BCUT2D eigenvalue weighted by molar-refractivity contribution is 0.0547. The smallest absolute Gasteiger partial charge is 0.274 e. The predicted octanol–water partition coefficient (Wildman–Crippen LogP) is 2.40. The van der Waals surface area contributed by atoms with Crippen LogP contribution in [0.1, 0.15) is 36.8 Å². The molecule has 2 aromatic rings. The van der Waals surface area contributed by atoms with Crippen LogP contribution in [0.5, 0.6) is 0 Å². The minimum Gasteiger partial charge on any atom is -0.328 e. The number of nitrogens with zero attached hydrogens (tertiary/aromatic N) is 4. The first-order chi connectivity index (χ1) is 9.79. The normalized spacial score (nSPS) is 11.5. The summed E-state index contributed by atoms with van der Waals surface area (Å²) in [5.41, 5.74) is 0.914. The van der Waals surface area contributed by atoms with Gasteiger partial charge in [0.1, 0.15) is 11.5 Å². The van der Waals surface area contributed by atoms with Gasteiger partial charge in [-0.25, -0.2) is 9.07 Å². The van der Waals surface area contributed by atoms with E-state index in [1.165, 1.54) is 23.0 Å². The molecule has 1 aromatic carbocycles. The molecule has 0 fully saturated rings. The Balaban J connectivity index is 2.29. The average molecular weight is 290 g/mol. The van der Waals surface area contributed by atoms with Gasteiger partial charge in [-0.1, -0.05) is 17.3 Å². The highest BCUT2D eigenvalue weighted by molar-refractivity contribution is 5.92. The Morgan fingerprint density at radius 2 is 1.90 bits per heavy atom. The molecule has 0 aliphatic carbocycles. The van der Waals surface area contributed by atoms with Crippen LogP contribution in [0.25, 0.3) is 0 Å². The quantitative estimate of drug-likeness (QED) is 0.872. The molecule has 0 aliphatic heterocycles. The van der Waals surface area contributed by atoms with Gasteiger partial charge >= 0.3 is 0 Å². The summed E-state index contributed by atoms with van der Waals surface area (Å²) in [4.78, 5) is 14.4. The molecule has 5 nitrogen and oxygen atoms in total. The van der Waals surface area contributed by atoms with Crippen molar-refractivity contribution >= 4 is 5.91 Å². The zero-order valence-electron chi connectivity index (χ0n) is 12.7. The van der Waals surface area contributed by atoms with Crippen LogP contribution < -0.4 is 0 Å². The van der Waals surface area contributed by atoms with E-state index < -0.39 is 0 Å². The second-order valence-electron chi connectivity index (χ2n) is 5.93. The summed E-state index contributed by atoms with van der Waals surface area (Å²) in [5.74, 6) is -0.442. The van der Waals surface area contributed by atoms with Crippen LogP contribution >= 0.6 is 0 Å². The van der Waals surface area contributed by atoms with Gasteiger partial charge in [0.15, 0.2) is 0 Å². The summed E-state index contributed by atoms with van der Waals surface area (Å²) >= 11 is 0. The molecular weight excluding hydrogens is 271 g/mol. The minimum atomic E-state index is -0.379. The van der Waals surface area contributed by atoms with Crippen LogP contribution in [0, 0.1) is 5.82 Å². The van der Waals surface area contributed by atoms with E-state index in [0.717, 1.165) is 5.56 Å². The predicted molar refractivity (Wildman–Crippen MR) is 77.0 cm³/mol. The molecule has 2 rings (SSSR count). The average Bonchev–Trinajstić information content (AvgIpc) is 2.82. The van der Waals surface area contributed by atoms with Gasteiger partial charge in [0.25, 0.3) is 5.91 Å². The number of rotatable bonds is 3. The number of amides is 1. The molecule has 0 saturated carbocycles. The summed E-state index contributed by atoms with van der Waals surface area (Å²) < 4.78 is 14.4. The molecule has 1 amide bonds. The van der Waals surface area contributed by atoms with E-state index in [9.17, 15) is 9.18 Å². The van der Waals surface area contributed by atoms with E-state index in [0.29, 0.717) is 12.2 Å². The first-order valence-electron chi connectivity index (χ1n) is 6.70. The van der Waals surface area contributed by atoms with Crippen molar-refractivity contribution in [2.75, 3.05) is 0 Å². The number of benzene rings is 1. The Bertz CT molecular complexity index is 628. The van der Waals surface area contributed by atoms with Gasteiger partial charge in [-0.3, -0.25) is 4.79 Å². The van der Waals surface area contributed by atoms with Gasteiger partial charge in [0.2, 0.25) is 0 Å². The van der Waals surface area contributed by atoms with Gasteiger partial charge in [-0.05, 0) is 38.5 Å². The molecule has 0 spiro atoms. The lowest BCUT2D eigenvalue weighted by atomic mass is 10.0. The number of carbonyl (C=O) groups excluding carboxylic acids is 1. The molecule has 0 radical (unpaired) electrons. The Hall–Kier alpha value is -2.24. The summed E-state index contributed by atoms with van der Waals surface area (Å²) in [7, 11) is 1.68. The molecule has 0 bridgehead atoms. The first kappa shape index (κ1) is 15.2. The van der Waals surface area contributed by atoms with Crippen molar-refractivity contribution in [1.29, 1.82) is 0 Å². The number of hydrogen-bond acceptors (Lipinski definition) is 3. The summed E-state index contributed by atoms with van der Waals surface area (Å²) in [6, 6.07) is 6.16. The molecule has 1 aromatic heterocycles. The SMILES string of the molecule is Cn1nncc1C(=O)N(Cc1ccc(F)cc1)C(C)(C)C. The van der Waals surface area contributed by atoms with E-state index in [4.69, 9.17) is 0 Å². The van der Waals surface area contributed by atoms with Gasteiger partial charge in [0.05, 0.1) is 6.20 Å². The summed E-state index contributed by atoms with van der Waals surface area (Å²) in [6.45, 7) is 6.27. The van der Waals surface area contributed by atoms with Crippen molar-refractivity contribution in [3.8, 4) is 0 Å². The first-order valence-corrected chi connectivity index (χ1v) is 6.70. The third-order valence-electron chi connectivity index (χ3n) is 3.24. The molecule has 112 valence electrons. The Labute approximate surface area is 123 Å². The summed E-state index contributed by atoms with van der Waals surface area (Å²) in [6.07, 6.45) is 1.45. The van der Waals surface area contributed by atoms with Crippen molar-refractivity contribution in [3.05, 3.63) is 47.5 Å². The van der Waals surface area contributed by atoms with E-state index in [1.807, 2.05) is 20.8 Å². The third kappa shape index (κ3) is 3.45. The van der Waals surface area contributed by atoms with Crippen LogP contribution in [0.3, 0.4) is 0 Å². The molecule has 6 heteroatoms. The number of halogens is 1. The number of aryl methyl sites for hydroxylation is 1. The van der Waals surface area contributed by atoms with E-state index in [1.54, 1.807) is 24.1 Å². The molecule has 0 atom stereocenters. The number of aromatic nitrogens is 3. The highest BCUT2D eigenvalue weighted by Gasteiger charge is 2.29. The maximum Gasteiger partial charge on any atom is 0.274 e. The van der Waals surface area contributed by atoms with Gasteiger partial charge < -0.3 is 4.90 Å². The zero-order valence-corrected chi connectivity index (χ0v) is 12.7. The van der Waals surface area contributed by atoms with Crippen molar-refractivity contribution < 1.29 is 9.18 Å².